The smallest absolute Gasteiger partial charge is 0.286 e. The van der Waals surface area contributed by atoms with E-state index in [9.17, 15) is 9.59 Å². The van der Waals surface area contributed by atoms with Crippen molar-refractivity contribution in [3.8, 4) is 0 Å². The Morgan fingerprint density at radius 2 is 2.12 bits per heavy atom. The van der Waals surface area contributed by atoms with E-state index in [0.29, 0.717) is 13.1 Å². The van der Waals surface area contributed by atoms with Gasteiger partial charge in [-0.2, -0.15) is 0 Å². The Balaban J connectivity index is 2.16. The normalized spacial score (nSPS) is 9.81. The summed E-state index contributed by atoms with van der Waals surface area (Å²) in [6, 6.07) is 3.22. The van der Waals surface area contributed by atoms with Crippen LogP contribution in [-0.2, 0) is 4.79 Å². The zero-order valence-electron chi connectivity index (χ0n) is 9.29. The predicted octanol–water partition coefficient (Wildman–Crippen LogP) is 0.926. The van der Waals surface area contributed by atoms with E-state index in [1.54, 1.807) is 12.1 Å². The van der Waals surface area contributed by atoms with Crippen molar-refractivity contribution in [2.24, 2.45) is 0 Å². The van der Waals surface area contributed by atoms with Gasteiger partial charge in [-0.25, -0.2) is 0 Å². The van der Waals surface area contributed by atoms with Gasteiger partial charge in [-0.3, -0.25) is 9.59 Å². The van der Waals surface area contributed by atoms with E-state index in [-0.39, 0.29) is 24.0 Å². The first-order valence-electron chi connectivity index (χ1n) is 5.32. The summed E-state index contributed by atoms with van der Waals surface area (Å²) >= 11 is 0. The lowest BCUT2D eigenvalue weighted by molar-refractivity contribution is -0.120. The molecule has 0 saturated heterocycles. The second-order valence-corrected chi connectivity index (χ2v) is 3.33. The van der Waals surface area contributed by atoms with Crippen LogP contribution in [0.3, 0.4) is 0 Å². The van der Waals surface area contributed by atoms with Crippen molar-refractivity contribution in [2.45, 2.75) is 19.8 Å². The highest BCUT2D eigenvalue weighted by atomic mass is 16.3. The third kappa shape index (κ3) is 4.16. The molecule has 0 atom stereocenters. The first-order chi connectivity index (χ1) is 7.74. The molecule has 1 aromatic rings. The molecule has 0 aliphatic rings. The summed E-state index contributed by atoms with van der Waals surface area (Å²) in [5.41, 5.74) is 0. The Bertz CT molecular complexity index is 333. The van der Waals surface area contributed by atoms with Crippen molar-refractivity contribution < 1.29 is 14.0 Å². The highest BCUT2D eigenvalue weighted by Crippen LogP contribution is 1.98. The molecule has 88 valence electrons. The zero-order valence-corrected chi connectivity index (χ0v) is 9.29. The maximum absolute atomic E-state index is 11.4. The average molecular weight is 224 g/mol. The minimum absolute atomic E-state index is 0.0541. The second kappa shape index (κ2) is 6.66. The summed E-state index contributed by atoms with van der Waals surface area (Å²) in [5.74, 6) is -0.0937. The van der Waals surface area contributed by atoms with Gasteiger partial charge < -0.3 is 15.1 Å². The Morgan fingerprint density at radius 3 is 2.75 bits per heavy atom. The topological polar surface area (TPSA) is 71.3 Å². The number of nitrogens with one attached hydrogen (secondary N) is 2. The van der Waals surface area contributed by atoms with Crippen molar-refractivity contribution >= 4 is 11.8 Å². The number of rotatable bonds is 6. The van der Waals surface area contributed by atoms with Crippen LogP contribution in [0, 0.1) is 0 Å². The predicted molar refractivity (Wildman–Crippen MR) is 59.0 cm³/mol. The molecule has 0 aromatic carbocycles. The highest BCUT2D eigenvalue weighted by molar-refractivity contribution is 5.91. The molecule has 0 bridgehead atoms. The number of carbonyl (C=O) groups excluding carboxylic acids is 2. The molecule has 0 aliphatic heterocycles. The molecule has 5 heteroatoms. The maximum Gasteiger partial charge on any atom is 0.286 e. The van der Waals surface area contributed by atoms with Crippen LogP contribution in [0.4, 0.5) is 0 Å². The van der Waals surface area contributed by atoms with E-state index in [4.69, 9.17) is 4.42 Å². The van der Waals surface area contributed by atoms with Gasteiger partial charge in [0.2, 0.25) is 5.91 Å². The molecule has 0 fully saturated rings. The number of hydrogen-bond acceptors (Lipinski definition) is 3. The SMILES string of the molecule is CCCNC(=O)CCNC(=O)c1ccco1. The van der Waals surface area contributed by atoms with Crippen LogP contribution in [0.5, 0.6) is 0 Å². The van der Waals surface area contributed by atoms with Gasteiger partial charge in [-0.05, 0) is 18.6 Å². The third-order valence-corrected chi connectivity index (χ3v) is 1.95. The maximum atomic E-state index is 11.4. The van der Waals surface area contributed by atoms with Gasteiger partial charge in [0.05, 0.1) is 6.26 Å². The van der Waals surface area contributed by atoms with E-state index in [0.717, 1.165) is 6.42 Å². The largest absolute Gasteiger partial charge is 0.459 e. The van der Waals surface area contributed by atoms with Crippen molar-refractivity contribution in [1.29, 1.82) is 0 Å². The van der Waals surface area contributed by atoms with E-state index in [1.807, 2.05) is 6.92 Å². The van der Waals surface area contributed by atoms with E-state index in [2.05, 4.69) is 10.6 Å². The summed E-state index contributed by atoms with van der Waals surface area (Å²) in [4.78, 5) is 22.5. The minimum Gasteiger partial charge on any atom is -0.459 e. The van der Waals surface area contributed by atoms with E-state index in [1.165, 1.54) is 6.26 Å². The quantitative estimate of drug-likeness (QED) is 0.755. The monoisotopic (exact) mass is 224 g/mol. The fourth-order valence-electron chi connectivity index (χ4n) is 1.14. The van der Waals surface area contributed by atoms with E-state index < -0.39 is 0 Å². The molecule has 1 aromatic heterocycles. The van der Waals surface area contributed by atoms with Gasteiger partial charge in [-0.1, -0.05) is 6.92 Å². The lowest BCUT2D eigenvalue weighted by atomic mass is 10.3. The van der Waals surface area contributed by atoms with E-state index >= 15 is 0 Å². The molecule has 0 spiro atoms. The second-order valence-electron chi connectivity index (χ2n) is 3.33. The highest BCUT2D eigenvalue weighted by Gasteiger charge is 2.08. The van der Waals surface area contributed by atoms with Crippen molar-refractivity contribution in [1.82, 2.24) is 10.6 Å². The molecule has 2 amide bonds. The van der Waals surface area contributed by atoms with Gasteiger partial charge in [-0.15, -0.1) is 0 Å². The summed E-state index contributed by atoms with van der Waals surface area (Å²) in [6.07, 6.45) is 2.62. The molecule has 5 nitrogen and oxygen atoms in total. The van der Waals surface area contributed by atoms with Gasteiger partial charge in [0.1, 0.15) is 0 Å². The summed E-state index contributed by atoms with van der Waals surface area (Å²) in [6.45, 7) is 2.97. The van der Waals surface area contributed by atoms with Crippen LogP contribution in [-0.4, -0.2) is 24.9 Å². The number of hydrogen-bond donors (Lipinski definition) is 2. The van der Waals surface area contributed by atoms with Crippen LogP contribution in [0.25, 0.3) is 0 Å². The third-order valence-electron chi connectivity index (χ3n) is 1.95. The van der Waals surface area contributed by atoms with Crippen LogP contribution in [0.1, 0.15) is 30.3 Å². The minimum atomic E-state index is -0.298. The van der Waals surface area contributed by atoms with Gasteiger partial charge in [0.15, 0.2) is 5.76 Å². The molecular formula is C11H16N2O3. The van der Waals surface area contributed by atoms with Crippen LogP contribution >= 0.6 is 0 Å². The van der Waals surface area contributed by atoms with Crippen molar-refractivity contribution in [3.05, 3.63) is 24.2 Å². The molecule has 0 aliphatic carbocycles. The molecule has 0 saturated carbocycles. The number of amides is 2. The Labute approximate surface area is 94.2 Å². The molecule has 16 heavy (non-hydrogen) atoms. The first kappa shape index (κ1) is 12.3. The number of carbonyl (C=O) groups is 2. The number of furan rings is 1. The van der Waals surface area contributed by atoms with Crippen molar-refractivity contribution in [3.63, 3.8) is 0 Å². The Kier molecular flexibility index (Phi) is 5.11. The summed E-state index contributed by atoms with van der Waals surface area (Å²) < 4.78 is 4.91. The molecule has 0 unspecified atom stereocenters. The van der Waals surface area contributed by atoms with Crippen LogP contribution < -0.4 is 10.6 Å². The molecule has 0 radical (unpaired) electrons. The molecule has 1 rings (SSSR count). The lowest BCUT2D eigenvalue weighted by Gasteiger charge is -2.04. The van der Waals surface area contributed by atoms with Crippen LogP contribution in [0.15, 0.2) is 22.8 Å². The Morgan fingerprint density at radius 1 is 1.31 bits per heavy atom. The average Bonchev–Trinajstić information content (AvgIpc) is 2.79. The fourth-order valence-corrected chi connectivity index (χ4v) is 1.14. The van der Waals surface area contributed by atoms with Crippen LogP contribution in [0.2, 0.25) is 0 Å². The van der Waals surface area contributed by atoms with Crippen molar-refractivity contribution in [2.75, 3.05) is 13.1 Å². The standard InChI is InChI=1S/C11H16N2O3/c1-2-6-12-10(14)5-7-13-11(15)9-4-3-8-16-9/h3-4,8H,2,5-7H2,1H3,(H,12,14)(H,13,15). The van der Waals surface area contributed by atoms with Gasteiger partial charge in [0.25, 0.3) is 5.91 Å². The zero-order chi connectivity index (χ0) is 11.8. The molecular weight excluding hydrogens is 208 g/mol. The Hall–Kier alpha value is -1.78. The lowest BCUT2D eigenvalue weighted by Crippen LogP contribution is -2.30. The van der Waals surface area contributed by atoms with Gasteiger partial charge in [0, 0.05) is 19.5 Å². The fraction of sp³-hybridized carbons (Fsp3) is 0.455. The van der Waals surface area contributed by atoms with Gasteiger partial charge >= 0.3 is 0 Å². The molecule has 2 N–H and O–H groups in total. The molecule has 1 heterocycles. The summed E-state index contributed by atoms with van der Waals surface area (Å²) in [5, 5.41) is 5.33. The first-order valence-corrected chi connectivity index (χ1v) is 5.32. The summed E-state index contributed by atoms with van der Waals surface area (Å²) in [7, 11) is 0.